The Morgan fingerprint density at radius 2 is 1.90 bits per heavy atom. The van der Waals surface area contributed by atoms with Gasteiger partial charge in [-0.1, -0.05) is 26.0 Å². The molecule has 160 valence electrons. The highest BCUT2D eigenvalue weighted by molar-refractivity contribution is 7.89. The number of hydrogen-bond acceptors (Lipinski definition) is 6. The van der Waals surface area contributed by atoms with Crippen molar-refractivity contribution in [3.05, 3.63) is 42.5 Å². The van der Waals surface area contributed by atoms with Gasteiger partial charge in [-0.25, -0.2) is 8.42 Å². The molecule has 0 unspecified atom stereocenters. The molecule has 0 aliphatic carbocycles. The zero-order valence-electron chi connectivity index (χ0n) is 16.7. The highest BCUT2D eigenvalue weighted by atomic mass is 32.2. The zero-order chi connectivity index (χ0) is 21.9. The number of anilines is 2. The van der Waals surface area contributed by atoms with E-state index >= 15 is 0 Å². The number of fused-ring (bicyclic) bond motifs is 1. The van der Waals surface area contributed by atoms with E-state index in [9.17, 15) is 23.1 Å². The molecule has 0 bridgehead atoms. The monoisotopic (exact) mass is 433 g/mol. The van der Waals surface area contributed by atoms with Crippen LogP contribution in [0.25, 0.3) is 0 Å². The van der Waals surface area contributed by atoms with E-state index in [1.807, 2.05) is 0 Å². The molecule has 2 aromatic rings. The number of para-hydroxylation sites is 2. The fraction of sp³-hybridized carbons (Fsp3) is 0.300. The van der Waals surface area contributed by atoms with E-state index in [1.165, 1.54) is 27.4 Å². The van der Waals surface area contributed by atoms with Crippen LogP contribution in [0.1, 0.15) is 13.8 Å². The number of aromatic hydroxyl groups is 1. The minimum atomic E-state index is -3.76. The number of nitrogens with zero attached hydrogens (tertiary/aromatic N) is 2. The third-order valence-corrected chi connectivity index (χ3v) is 6.74. The van der Waals surface area contributed by atoms with Crippen molar-refractivity contribution in [1.29, 1.82) is 0 Å². The lowest BCUT2D eigenvalue weighted by Crippen LogP contribution is -2.43. The normalized spacial score (nSPS) is 13.7. The molecule has 30 heavy (non-hydrogen) atoms. The van der Waals surface area contributed by atoms with Gasteiger partial charge in [-0.05, 0) is 30.3 Å². The summed E-state index contributed by atoms with van der Waals surface area (Å²) < 4.78 is 32.0. The summed E-state index contributed by atoms with van der Waals surface area (Å²) in [6.45, 7) is 3.53. The van der Waals surface area contributed by atoms with Crippen LogP contribution < -0.4 is 15.0 Å². The van der Waals surface area contributed by atoms with Gasteiger partial charge in [0.1, 0.15) is 18.0 Å². The first kappa shape index (κ1) is 21.6. The van der Waals surface area contributed by atoms with Gasteiger partial charge in [-0.2, -0.15) is 4.31 Å². The summed E-state index contributed by atoms with van der Waals surface area (Å²) in [5.74, 6) is -0.769. The summed E-state index contributed by atoms with van der Waals surface area (Å²) in [6.07, 6.45) is 0. The minimum Gasteiger partial charge on any atom is -0.506 e. The molecule has 1 heterocycles. The number of rotatable bonds is 7. The predicted octanol–water partition coefficient (Wildman–Crippen LogP) is 1.79. The molecule has 1 aliphatic heterocycles. The van der Waals surface area contributed by atoms with E-state index in [0.717, 1.165) is 0 Å². The standard InChI is InChI=1S/C20H23N3O6S/c1-3-22(4-2)30(27,28)14-9-10-17(24)15(11-14)21-19(25)12-23-16-7-5-6-8-18(16)29-13-20(23)26/h5-11,24H,3-4,12-13H2,1-2H3,(H,21,25). The molecule has 0 atom stereocenters. The Morgan fingerprint density at radius 3 is 2.60 bits per heavy atom. The molecule has 2 amide bonds. The van der Waals surface area contributed by atoms with E-state index in [2.05, 4.69) is 5.32 Å². The summed E-state index contributed by atoms with van der Waals surface area (Å²) in [7, 11) is -3.76. The second-order valence-corrected chi connectivity index (χ2v) is 8.49. The van der Waals surface area contributed by atoms with E-state index in [-0.39, 0.29) is 35.4 Å². The zero-order valence-corrected chi connectivity index (χ0v) is 17.5. The minimum absolute atomic E-state index is 0.0490. The van der Waals surface area contributed by atoms with Crippen LogP contribution in [0, 0.1) is 0 Å². The van der Waals surface area contributed by atoms with Gasteiger partial charge in [0, 0.05) is 13.1 Å². The molecule has 1 aliphatic rings. The average molecular weight is 433 g/mol. The SMILES string of the molecule is CCN(CC)S(=O)(=O)c1ccc(O)c(NC(=O)CN2C(=O)COc3ccccc32)c1. The number of benzene rings is 2. The number of amides is 2. The van der Waals surface area contributed by atoms with Crippen molar-refractivity contribution in [1.82, 2.24) is 4.31 Å². The molecule has 10 heteroatoms. The topological polar surface area (TPSA) is 116 Å². The molecule has 0 spiro atoms. The molecular weight excluding hydrogens is 410 g/mol. The van der Waals surface area contributed by atoms with Gasteiger partial charge in [0.15, 0.2) is 6.61 Å². The molecule has 0 aromatic heterocycles. The van der Waals surface area contributed by atoms with Crippen LogP contribution in [-0.4, -0.2) is 55.9 Å². The Labute approximate surface area is 174 Å². The highest BCUT2D eigenvalue weighted by Crippen LogP contribution is 2.32. The maximum absolute atomic E-state index is 12.7. The maximum atomic E-state index is 12.7. The van der Waals surface area contributed by atoms with Crippen molar-refractivity contribution in [2.45, 2.75) is 18.7 Å². The molecule has 3 rings (SSSR count). The number of sulfonamides is 1. The first-order valence-electron chi connectivity index (χ1n) is 9.43. The third kappa shape index (κ3) is 4.24. The van der Waals surface area contributed by atoms with E-state index < -0.39 is 15.9 Å². The smallest absolute Gasteiger partial charge is 0.265 e. The number of phenols is 1. The van der Waals surface area contributed by atoms with Gasteiger partial charge in [0.05, 0.1) is 16.3 Å². The van der Waals surface area contributed by atoms with E-state index in [4.69, 9.17) is 4.74 Å². The Morgan fingerprint density at radius 1 is 1.20 bits per heavy atom. The van der Waals surface area contributed by atoms with E-state index in [0.29, 0.717) is 24.5 Å². The van der Waals surface area contributed by atoms with Crippen LogP contribution in [0.2, 0.25) is 0 Å². The van der Waals surface area contributed by atoms with Gasteiger partial charge < -0.3 is 15.2 Å². The van der Waals surface area contributed by atoms with Crippen LogP contribution in [0.3, 0.4) is 0 Å². The highest BCUT2D eigenvalue weighted by Gasteiger charge is 2.28. The number of carbonyl (C=O) groups is 2. The van der Waals surface area contributed by atoms with Crippen LogP contribution in [0.5, 0.6) is 11.5 Å². The van der Waals surface area contributed by atoms with Gasteiger partial charge in [0.25, 0.3) is 5.91 Å². The van der Waals surface area contributed by atoms with Crippen molar-refractivity contribution in [3.63, 3.8) is 0 Å². The summed E-state index contributed by atoms with van der Waals surface area (Å²) in [5.41, 5.74) is 0.410. The lowest BCUT2D eigenvalue weighted by atomic mass is 10.2. The summed E-state index contributed by atoms with van der Waals surface area (Å²) in [6, 6.07) is 10.5. The molecule has 0 radical (unpaired) electrons. The Bertz CT molecular complexity index is 1070. The van der Waals surface area contributed by atoms with Crippen LogP contribution in [0.15, 0.2) is 47.4 Å². The number of hydrogen-bond donors (Lipinski definition) is 2. The largest absolute Gasteiger partial charge is 0.506 e. The second kappa shape index (κ2) is 8.72. The molecular formula is C20H23N3O6S. The number of nitrogens with one attached hydrogen (secondary N) is 1. The number of phenolic OH excluding ortho intramolecular Hbond substituents is 1. The molecule has 0 saturated carbocycles. The average Bonchev–Trinajstić information content (AvgIpc) is 2.72. The van der Waals surface area contributed by atoms with Crippen molar-refractivity contribution < 1.29 is 27.9 Å². The van der Waals surface area contributed by atoms with Gasteiger partial charge in [-0.3, -0.25) is 14.5 Å². The maximum Gasteiger partial charge on any atom is 0.265 e. The molecule has 0 saturated heterocycles. The first-order chi connectivity index (χ1) is 14.3. The van der Waals surface area contributed by atoms with Crippen molar-refractivity contribution >= 4 is 33.2 Å². The molecule has 9 nitrogen and oxygen atoms in total. The predicted molar refractivity (Wildman–Crippen MR) is 111 cm³/mol. The van der Waals surface area contributed by atoms with Crippen LogP contribution in [-0.2, 0) is 19.6 Å². The summed E-state index contributed by atoms with van der Waals surface area (Å²) in [4.78, 5) is 26.0. The van der Waals surface area contributed by atoms with Crippen LogP contribution in [0.4, 0.5) is 11.4 Å². The first-order valence-corrected chi connectivity index (χ1v) is 10.9. The van der Waals surface area contributed by atoms with Crippen molar-refractivity contribution in [2.75, 3.05) is 36.5 Å². The van der Waals surface area contributed by atoms with Crippen molar-refractivity contribution in [3.8, 4) is 11.5 Å². The Hall–Kier alpha value is -3.11. The van der Waals surface area contributed by atoms with Gasteiger partial charge >= 0.3 is 0 Å². The molecule has 2 N–H and O–H groups in total. The molecule has 0 fully saturated rings. The Kier molecular flexibility index (Phi) is 6.28. The number of carbonyl (C=O) groups excluding carboxylic acids is 2. The fourth-order valence-electron chi connectivity index (χ4n) is 3.15. The van der Waals surface area contributed by atoms with Gasteiger partial charge in [0.2, 0.25) is 15.9 Å². The second-order valence-electron chi connectivity index (χ2n) is 6.55. The quantitative estimate of drug-likeness (QED) is 0.643. The summed E-state index contributed by atoms with van der Waals surface area (Å²) >= 11 is 0. The molecule has 2 aromatic carbocycles. The van der Waals surface area contributed by atoms with Gasteiger partial charge in [-0.15, -0.1) is 0 Å². The lowest BCUT2D eigenvalue weighted by molar-refractivity contribution is -0.123. The number of ether oxygens (including phenoxy) is 1. The van der Waals surface area contributed by atoms with E-state index in [1.54, 1.807) is 38.1 Å². The summed E-state index contributed by atoms with van der Waals surface area (Å²) in [5, 5.41) is 12.6. The van der Waals surface area contributed by atoms with Crippen molar-refractivity contribution in [2.24, 2.45) is 0 Å². The van der Waals surface area contributed by atoms with Crippen LogP contribution >= 0.6 is 0 Å². The fourth-order valence-corrected chi connectivity index (χ4v) is 4.63. The third-order valence-electron chi connectivity index (χ3n) is 4.70. The lowest BCUT2D eigenvalue weighted by Gasteiger charge is -2.28. The Balaban J connectivity index is 1.82.